The Morgan fingerprint density at radius 2 is 1.21 bits per heavy atom. The lowest BCUT2D eigenvalue weighted by Crippen LogP contribution is -2.42. The molecule has 0 N–H and O–H groups in total. The van der Waals surface area contributed by atoms with Gasteiger partial charge in [0.1, 0.15) is 16.4 Å². The Morgan fingerprint density at radius 3 is 1.67 bits per heavy atom. The zero-order valence-corrected chi connectivity index (χ0v) is 19.2. The molecule has 0 saturated carbocycles. The number of esters is 4. The third-order valence-electron chi connectivity index (χ3n) is 3.60. The van der Waals surface area contributed by atoms with E-state index in [1.807, 2.05) is 0 Å². The fourth-order valence-corrected chi connectivity index (χ4v) is 2.54. The smallest absolute Gasteiger partial charge is 0.355 e. The largest absolute Gasteiger partial charge is 0.463 e. The van der Waals surface area contributed by atoms with Crippen molar-refractivity contribution >= 4 is 46.9 Å². The third-order valence-corrected chi connectivity index (χ3v) is 3.86. The maximum atomic E-state index is 13.2. The van der Waals surface area contributed by atoms with Gasteiger partial charge in [-0.05, 0) is 27.7 Å². The zero-order chi connectivity index (χ0) is 25.1. The van der Waals surface area contributed by atoms with Gasteiger partial charge in [0.05, 0.1) is 38.6 Å². The molecule has 0 saturated heterocycles. The Hall–Kier alpha value is -3.67. The molecule has 33 heavy (non-hydrogen) atoms. The van der Waals surface area contributed by atoms with Gasteiger partial charge in [0.2, 0.25) is 0 Å². The minimum absolute atomic E-state index is 0.0319. The third kappa shape index (κ3) is 7.17. The van der Waals surface area contributed by atoms with E-state index in [0.717, 1.165) is 6.20 Å². The minimum atomic E-state index is -1.32. The number of aromatic nitrogens is 2. The Bertz CT molecular complexity index is 1100. The summed E-state index contributed by atoms with van der Waals surface area (Å²) in [7, 11) is 0. The van der Waals surface area contributed by atoms with E-state index >= 15 is 0 Å². The van der Waals surface area contributed by atoms with E-state index < -0.39 is 51.5 Å². The quantitative estimate of drug-likeness (QED) is 0.261. The molecule has 1 aromatic heterocycles. The van der Waals surface area contributed by atoms with Crippen LogP contribution in [0.4, 0.5) is 0 Å². The molecule has 0 aliphatic carbocycles. The monoisotopic (exact) mass is 486 g/mol. The molecular weight excluding hydrogens is 464 g/mol. The number of nitrogens with zero attached hydrogens (tertiary/aromatic N) is 2. The number of ether oxygens (including phenoxy) is 4. The summed E-state index contributed by atoms with van der Waals surface area (Å²) in [4.78, 5) is 74.7. The number of hydrogen-bond donors (Lipinski definition) is 0. The molecule has 0 fully saturated rings. The van der Waals surface area contributed by atoms with E-state index in [4.69, 9.17) is 30.5 Å². The molecule has 12 nitrogen and oxygen atoms in total. The van der Waals surface area contributed by atoms with Crippen LogP contribution in [-0.2, 0) is 38.1 Å². The minimum Gasteiger partial charge on any atom is -0.463 e. The van der Waals surface area contributed by atoms with Gasteiger partial charge in [0, 0.05) is 6.20 Å². The van der Waals surface area contributed by atoms with Gasteiger partial charge in [-0.25, -0.2) is 28.5 Å². The number of hydrogen-bond acceptors (Lipinski definition) is 10. The standard InChI is InChI=1S/C20H23ClN2O10/c1-5-30-15(24)9-13(18(27)32-7-3)22-11-12(21)17(26)23(20(22)29)14(19(28)33-8-4)10-16(25)31-6-2/h9-11H,5-8H2,1-4H3/b13-9-,14-10+. The molecule has 1 aromatic rings. The molecule has 0 unspecified atom stereocenters. The highest BCUT2D eigenvalue weighted by Gasteiger charge is 2.26. The van der Waals surface area contributed by atoms with Crippen LogP contribution < -0.4 is 11.2 Å². The molecule has 0 aliphatic rings. The molecule has 180 valence electrons. The van der Waals surface area contributed by atoms with Crippen LogP contribution in [0.25, 0.3) is 11.4 Å². The van der Waals surface area contributed by atoms with Crippen LogP contribution in [0.5, 0.6) is 0 Å². The summed E-state index contributed by atoms with van der Waals surface area (Å²) in [5.41, 5.74) is -3.99. The SMILES string of the molecule is CCOC(=O)/C=C(/C(=O)OCC)n1cc(Cl)c(=O)n(/C(=C/C(=O)OCC)C(=O)OCC)c1=O. The van der Waals surface area contributed by atoms with Crippen molar-refractivity contribution < 1.29 is 38.1 Å². The summed E-state index contributed by atoms with van der Waals surface area (Å²) in [6, 6.07) is 0. The van der Waals surface area contributed by atoms with Gasteiger partial charge in [0.15, 0.2) is 0 Å². The summed E-state index contributed by atoms with van der Waals surface area (Å²) in [6.07, 6.45) is 2.00. The topological polar surface area (TPSA) is 149 Å². The van der Waals surface area contributed by atoms with E-state index in [0.29, 0.717) is 16.7 Å². The second-order valence-electron chi connectivity index (χ2n) is 5.77. The summed E-state index contributed by atoms with van der Waals surface area (Å²) in [6.45, 7) is 5.60. The van der Waals surface area contributed by atoms with Crippen molar-refractivity contribution in [3.63, 3.8) is 0 Å². The number of rotatable bonds is 10. The van der Waals surface area contributed by atoms with Crippen molar-refractivity contribution in [2.24, 2.45) is 0 Å². The first kappa shape index (κ1) is 27.4. The first-order chi connectivity index (χ1) is 15.6. The first-order valence-electron chi connectivity index (χ1n) is 9.78. The Kier molecular flexibility index (Phi) is 10.8. The average molecular weight is 487 g/mol. The van der Waals surface area contributed by atoms with Gasteiger partial charge in [-0.1, -0.05) is 11.6 Å². The lowest BCUT2D eigenvalue weighted by atomic mass is 10.3. The van der Waals surface area contributed by atoms with Crippen LogP contribution in [0.2, 0.25) is 5.02 Å². The number of halogens is 1. The van der Waals surface area contributed by atoms with Crippen molar-refractivity contribution in [2.75, 3.05) is 26.4 Å². The summed E-state index contributed by atoms with van der Waals surface area (Å²) < 4.78 is 19.9. The van der Waals surface area contributed by atoms with E-state index in [1.54, 1.807) is 0 Å². The molecule has 1 rings (SSSR count). The van der Waals surface area contributed by atoms with Crippen LogP contribution in [0.15, 0.2) is 27.9 Å². The molecule has 0 atom stereocenters. The predicted octanol–water partition coefficient (Wildman–Crippen LogP) is 0.598. The van der Waals surface area contributed by atoms with Gasteiger partial charge in [-0.3, -0.25) is 9.36 Å². The maximum Gasteiger partial charge on any atom is 0.355 e. The normalized spacial score (nSPS) is 11.5. The van der Waals surface area contributed by atoms with E-state index in [-0.39, 0.29) is 31.0 Å². The molecule has 1 heterocycles. The maximum absolute atomic E-state index is 13.2. The molecule has 0 radical (unpaired) electrons. The Labute approximate surface area is 192 Å². The van der Waals surface area contributed by atoms with Crippen LogP contribution in [0.3, 0.4) is 0 Å². The highest BCUT2D eigenvalue weighted by Crippen LogP contribution is 2.11. The highest BCUT2D eigenvalue weighted by atomic mass is 35.5. The molecule has 0 aliphatic heterocycles. The second kappa shape index (κ2) is 13.0. The summed E-state index contributed by atoms with van der Waals surface area (Å²) in [5, 5.41) is -0.632. The molecule has 0 bridgehead atoms. The second-order valence-corrected chi connectivity index (χ2v) is 6.18. The predicted molar refractivity (Wildman–Crippen MR) is 115 cm³/mol. The lowest BCUT2D eigenvalue weighted by molar-refractivity contribution is -0.139. The van der Waals surface area contributed by atoms with Crippen LogP contribution in [0, 0.1) is 0 Å². The van der Waals surface area contributed by atoms with Gasteiger partial charge in [-0.2, -0.15) is 0 Å². The molecule has 0 spiro atoms. The van der Waals surface area contributed by atoms with Crippen LogP contribution in [-0.4, -0.2) is 59.4 Å². The van der Waals surface area contributed by atoms with E-state index in [9.17, 15) is 28.8 Å². The molecule has 0 amide bonds. The lowest BCUT2D eigenvalue weighted by Gasteiger charge is -2.14. The van der Waals surface area contributed by atoms with Gasteiger partial charge in [0.25, 0.3) is 5.56 Å². The average Bonchev–Trinajstić information content (AvgIpc) is 2.75. The van der Waals surface area contributed by atoms with Crippen molar-refractivity contribution in [2.45, 2.75) is 27.7 Å². The Morgan fingerprint density at radius 1 is 0.788 bits per heavy atom. The fraction of sp³-hybridized carbons (Fsp3) is 0.400. The zero-order valence-electron chi connectivity index (χ0n) is 18.4. The van der Waals surface area contributed by atoms with E-state index in [1.165, 1.54) is 27.7 Å². The molecular formula is C20H23ClN2O10. The van der Waals surface area contributed by atoms with Crippen molar-refractivity contribution in [1.29, 1.82) is 0 Å². The summed E-state index contributed by atoms with van der Waals surface area (Å²) in [5.74, 6) is -4.38. The molecule has 0 aromatic carbocycles. The molecule has 13 heteroatoms. The number of carbonyl (C=O) groups excluding carboxylic acids is 4. The van der Waals surface area contributed by atoms with Crippen molar-refractivity contribution in [3.05, 3.63) is 44.2 Å². The van der Waals surface area contributed by atoms with Gasteiger partial charge >= 0.3 is 29.6 Å². The summed E-state index contributed by atoms with van der Waals surface area (Å²) >= 11 is 5.95. The van der Waals surface area contributed by atoms with Crippen LogP contribution >= 0.6 is 11.6 Å². The van der Waals surface area contributed by atoms with Crippen LogP contribution in [0.1, 0.15) is 27.7 Å². The van der Waals surface area contributed by atoms with Gasteiger partial charge in [-0.15, -0.1) is 0 Å². The van der Waals surface area contributed by atoms with E-state index in [2.05, 4.69) is 0 Å². The first-order valence-corrected chi connectivity index (χ1v) is 10.2. The Balaban J connectivity index is 3.95. The highest BCUT2D eigenvalue weighted by molar-refractivity contribution is 6.30. The number of carbonyl (C=O) groups is 4. The van der Waals surface area contributed by atoms with Crippen molar-refractivity contribution in [3.8, 4) is 0 Å². The van der Waals surface area contributed by atoms with Crippen molar-refractivity contribution in [1.82, 2.24) is 9.13 Å². The fourth-order valence-electron chi connectivity index (χ4n) is 2.35. The van der Waals surface area contributed by atoms with Gasteiger partial charge < -0.3 is 18.9 Å².